The molecule has 0 spiro atoms. The van der Waals surface area contributed by atoms with Crippen molar-refractivity contribution in [1.82, 2.24) is 4.98 Å². The number of carbonyl (C=O) groups is 1. The predicted octanol–water partition coefficient (Wildman–Crippen LogP) is 2.92. The van der Waals surface area contributed by atoms with Gasteiger partial charge in [0, 0.05) is 34.5 Å². The second-order valence-corrected chi connectivity index (χ2v) is 4.92. The number of nitrogens with zero attached hydrogens (tertiary/aromatic N) is 1. The van der Waals surface area contributed by atoms with E-state index in [1.54, 1.807) is 18.5 Å². The largest absolute Gasteiger partial charge is 0.481 e. The Morgan fingerprint density at radius 1 is 1.40 bits per heavy atom. The number of pyridine rings is 1. The highest BCUT2D eigenvalue weighted by molar-refractivity contribution is 6.33. The maximum absolute atomic E-state index is 10.9. The van der Waals surface area contributed by atoms with Gasteiger partial charge in [0.15, 0.2) is 0 Å². The van der Waals surface area contributed by atoms with Gasteiger partial charge in [-0.3, -0.25) is 9.78 Å². The molecule has 0 amide bonds. The molecule has 0 saturated heterocycles. The van der Waals surface area contributed by atoms with E-state index in [-0.39, 0.29) is 18.9 Å². The Morgan fingerprint density at radius 3 is 2.80 bits per heavy atom. The van der Waals surface area contributed by atoms with Gasteiger partial charge in [0.05, 0.1) is 6.42 Å². The average Bonchev–Trinajstić information content (AvgIpc) is 2.46. The number of hydrogen-bond donors (Lipinski definition) is 2. The Kier molecular flexibility index (Phi) is 4.71. The summed E-state index contributed by atoms with van der Waals surface area (Å²) < 4.78 is 0. The van der Waals surface area contributed by atoms with E-state index in [1.807, 2.05) is 24.3 Å². The summed E-state index contributed by atoms with van der Waals surface area (Å²) >= 11 is 6.21. The third-order valence-electron chi connectivity index (χ3n) is 3.14. The highest BCUT2D eigenvalue weighted by Crippen LogP contribution is 2.31. The van der Waals surface area contributed by atoms with E-state index in [1.165, 1.54) is 0 Å². The van der Waals surface area contributed by atoms with Crippen LogP contribution >= 0.6 is 11.6 Å². The van der Waals surface area contributed by atoms with Crippen molar-refractivity contribution in [3.8, 4) is 11.1 Å². The molecule has 0 radical (unpaired) electrons. The number of halogens is 1. The van der Waals surface area contributed by atoms with E-state index in [2.05, 4.69) is 4.98 Å². The summed E-state index contributed by atoms with van der Waals surface area (Å²) in [5.41, 5.74) is 8.27. The van der Waals surface area contributed by atoms with E-state index in [0.29, 0.717) is 5.02 Å². The Morgan fingerprint density at radius 2 is 2.20 bits per heavy atom. The molecule has 0 bridgehead atoms. The number of hydrogen-bond acceptors (Lipinski definition) is 3. The van der Waals surface area contributed by atoms with E-state index < -0.39 is 5.97 Å². The molecule has 2 rings (SSSR count). The minimum atomic E-state index is -0.863. The number of carboxylic acid groups (broad SMARTS) is 1. The highest BCUT2D eigenvalue weighted by Gasteiger charge is 2.15. The first kappa shape index (κ1) is 14.5. The number of aliphatic carboxylic acids is 1. The molecule has 1 aromatic heterocycles. The van der Waals surface area contributed by atoms with E-state index >= 15 is 0 Å². The maximum atomic E-state index is 10.9. The number of benzene rings is 1. The predicted molar refractivity (Wildman–Crippen MR) is 78.7 cm³/mol. The smallest absolute Gasteiger partial charge is 0.304 e. The molecule has 4 nitrogen and oxygen atoms in total. The minimum Gasteiger partial charge on any atom is -0.481 e. The third-order valence-corrected chi connectivity index (χ3v) is 3.47. The van der Waals surface area contributed by atoms with Gasteiger partial charge in [0.25, 0.3) is 0 Å². The lowest BCUT2D eigenvalue weighted by atomic mass is 9.93. The van der Waals surface area contributed by atoms with Gasteiger partial charge in [-0.25, -0.2) is 0 Å². The number of nitrogens with two attached hydrogens (primary N) is 1. The first-order chi connectivity index (χ1) is 9.61. The Hall–Kier alpha value is -1.91. The first-order valence-corrected chi connectivity index (χ1v) is 6.61. The van der Waals surface area contributed by atoms with Gasteiger partial charge in [0.2, 0.25) is 0 Å². The van der Waals surface area contributed by atoms with Crippen LogP contribution in [-0.2, 0) is 4.79 Å². The lowest BCUT2D eigenvalue weighted by molar-refractivity contribution is -0.137. The molecule has 20 heavy (non-hydrogen) atoms. The Balaban J connectivity index is 2.40. The minimum absolute atomic E-state index is 0.00458. The molecule has 0 aliphatic carbocycles. The standard InChI is InChI=1S/C15H15ClN2O2/c16-14-4-3-10(12(8-17)7-15(19)20)6-13(14)11-2-1-5-18-9-11/h1-6,9,12H,7-8,17H2,(H,19,20)/t12-/m0/s1. The summed E-state index contributed by atoms with van der Waals surface area (Å²) in [6, 6.07) is 9.22. The summed E-state index contributed by atoms with van der Waals surface area (Å²) in [5, 5.41) is 9.53. The van der Waals surface area contributed by atoms with Crippen LogP contribution in [0, 0.1) is 0 Å². The van der Waals surface area contributed by atoms with Gasteiger partial charge in [-0.05, 0) is 30.3 Å². The van der Waals surface area contributed by atoms with Crippen molar-refractivity contribution in [2.45, 2.75) is 12.3 Å². The van der Waals surface area contributed by atoms with Crippen molar-refractivity contribution >= 4 is 17.6 Å². The normalized spacial score (nSPS) is 12.1. The number of aromatic nitrogens is 1. The number of carboxylic acids is 1. The SMILES string of the molecule is NC[C@H](CC(=O)O)c1ccc(Cl)c(-c2cccnc2)c1. The van der Waals surface area contributed by atoms with Crippen LogP contribution in [0.5, 0.6) is 0 Å². The lowest BCUT2D eigenvalue weighted by Gasteiger charge is -2.15. The van der Waals surface area contributed by atoms with Crippen LogP contribution in [-0.4, -0.2) is 22.6 Å². The molecule has 1 heterocycles. The van der Waals surface area contributed by atoms with Crippen molar-refractivity contribution in [2.24, 2.45) is 5.73 Å². The van der Waals surface area contributed by atoms with Crippen LogP contribution in [0.1, 0.15) is 17.9 Å². The lowest BCUT2D eigenvalue weighted by Crippen LogP contribution is -2.16. The van der Waals surface area contributed by atoms with Crippen molar-refractivity contribution in [1.29, 1.82) is 0 Å². The van der Waals surface area contributed by atoms with Crippen molar-refractivity contribution in [3.05, 3.63) is 53.3 Å². The van der Waals surface area contributed by atoms with Crippen LogP contribution in [0.15, 0.2) is 42.7 Å². The third kappa shape index (κ3) is 3.35. The van der Waals surface area contributed by atoms with Gasteiger partial charge in [-0.15, -0.1) is 0 Å². The fraction of sp³-hybridized carbons (Fsp3) is 0.200. The molecule has 1 atom stereocenters. The molecule has 1 aromatic carbocycles. The van der Waals surface area contributed by atoms with Gasteiger partial charge < -0.3 is 10.8 Å². The van der Waals surface area contributed by atoms with Gasteiger partial charge in [-0.2, -0.15) is 0 Å². The van der Waals surface area contributed by atoms with Crippen LogP contribution < -0.4 is 5.73 Å². The molecule has 0 aliphatic heterocycles. The topological polar surface area (TPSA) is 76.2 Å². The molecule has 3 N–H and O–H groups in total. The number of rotatable bonds is 5. The Labute approximate surface area is 122 Å². The average molecular weight is 291 g/mol. The monoisotopic (exact) mass is 290 g/mol. The summed E-state index contributed by atoms with van der Waals surface area (Å²) in [4.78, 5) is 14.9. The zero-order chi connectivity index (χ0) is 14.5. The van der Waals surface area contributed by atoms with Crippen LogP contribution in [0.2, 0.25) is 5.02 Å². The van der Waals surface area contributed by atoms with Crippen molar-refractivity contribution < 1.29 is 9.90 Å². The summed E-state index contributed by atoms with van der Waals surface area (Å²) in [6.45, 7) is 0.278. The van der Waals surface area contributed by atoms with Crippen molar-refractivity contribution in [2.75, 3.05) is 6.54 Å². The van der Waals surface area contributed by atoms with Crippen LogP contribution in [0.4, 0.5) is 0 Å². The van der Waals surface area contributed by atoms with E-state index in [4.69, 9.17) is 22.4 Å². The maximum Gasteiger partial charge on any atom is 0.304 e. The molecule has 0 unspecified atom stereocenters. The van der Waals surface area contributed by atoms with E-state index in [0.717, 1.165) is 16.7 Å². The van der Waals surface area contributed by atoms with Crippen LogP contribution in [0.25, 0.3) is 11.1 Å². The molecule has 0 aliphatic rings. The van der Waals surface area contributed by atoms with Gasteiger partial charge in [-0.1, -0.05) is 23.7 Å². The molecular weight excluding hydrogens is 276 g/mol. The van der Waals surface area contributed by atoms with Crippen LogP contribution in [0.3, 0.4) is 0 Å². The fourth-order valence-electron chi connectivity index (χ4n) is 2.09. The second kappa shape index (κ2) is 6.50. The summed E-state index contributed by atoms with van der Waals surface area (Å²) in [7, 11) is 0. The highest BCUT2D eigenvalue weighted by atomic mass is 35.5. The molecule has 0 saturated carbocycles. The van der Waals surface area contributed by atoms with E-state index in [9.17, 15) is 4.79 Å². The quantitative estimate of drug-likeness (QED) is 0.888. The molecule has 5 heteroatoms. The Bertz CT molecular complexity index is 602. The second-order valence-electron chi connectivity index (χ2n) is 4.51. The van der Waals surface area contributed by atoms with Crippen molar-refractivity contribution in [3.63, 3.8) is 0 Å². The van der Waals surface area contributed by atoms with Gasteiger partial charge >= 0.3 is 5.97 Å². The fourth-order valence-corrected chi connectivity index (χ4v) is 2.31. The molecule has 104 valence electrons. The molecule has 2 aromatic rings. The summed E-state index contributed by atoms with van der Waals surface area (Å²) in [5.74, 6) is -1.08. The van der Waals surface area contributed by atoms with Gasteiger partial charge in [0.1, 0.15) is 0 Å². The molecular formula is C15H15ClN2O2. The first-order valence-electron chi connectivity index (χ1n) is 6.23. The summed E-state index contributed by atoms with van der Waals surface area (Å²) in [6.07, 6.45) is 3.42. The molecule has 0 fully saturated rings. The zero-order valence-corrected chi connectivity index (χ0v) is 11.5. The zero-order valence-electron chi connectivity index (χ0n) is 10.8.